The molecule has 0 aliphatic carbocycles. The first kappa shape index (κ1) is 15.0. The molecule has 0 atom stereocenters. The van der Waals surface area contributed by atoms with Gasteiger partial charge in [0.15, 0.2) is 0 Å². The van der Waals surface area contributed by atoms with Crippen LogP contribution in [0.25, 0.3) is 0 Å². The molecule has 3 N–H and O–H groups in total. The Morgan fingerprint density at radius 1 is 1.20 bits per heavy atom. The third-order valence-electron chi connectivity index (χ3n) is 2.62. The lowest BCUT2D eigenvalue weighted by Crippen LogP contribution is -2.24. The summed E-state index contributed by atoms with van der Waals surface area (Å²) in [4.78, 5) is -0.131. The van der Waals surface area contributed by atoms with Crippen molar-refractivity contribution in [2.24, 2.45) is 0 Å². The molecule has 20 heavy (non-hydrogen) atoms. The van der Waals surface area contributed by atoms with Crippen molar-refractivity contribution in [1.82, 2.24) is 4.72 Å². The first-order valence-corrected chi connectivity index (χ1v) is 7.95. The van der Waals surface area contributed by atoms with Crippen LogP contribution in [0, 0.1) is 5.82 Å². The van der Waals surface area contributed by atoms with Gasteiger partial charge in [0.25, 0.3) is 0 Å². The van der Waals surface area contributed by atoms with Crippen molar-refractivity contribution >= 4 is 31.6 Å². The van der Waals surface area contributed by atoms with Crippen LogP contribution in [0.3, 0.4) is 0 Å². The summed E-state index contributed by atoms with van der Waals surface area (Å²) in [6.07, 6.45) is 0. The number of nitrogens with one attached hydrogen (secondary N) is 1. The number of hydrogen-bond donors (Lipinski definition) is 2. The molecular weight excluding hydrogens is 347 g/mol. The molecule has 0 bridgehead atoms. The van der Waals surface area contributed by atoms with E-state index in [2.05, 4.69) is 20.7 Å². The van der Waals surface area contributed by atoms with Gasteiger partial charge in [-0.3, -0.25) is 0 Å². The Kier molecular flexibility index (Phi) is 4.42. The number of nitrogens with two attached hydrogens (primary N) is 1. The molecule has 2 rings (SSSR count). The average molecular weight is 359 g/mol. The van der Waals surface area contributed by atoms with Crippen LogP contribution >= 0.6 is 15.9 Å². The number of rotatable bonds is 4. The molecule has 0 radical (unpaired) electrons. The van der Waals surface area contributed by atoms with Crippen molar-refractivity contribution in [3.05, 3.63) is 58.3 Å². The number of halogens is 2. The van der Waals surface area contributed by atoms with Crippen LogP contribution in [0.15, 0.2) is 51.8 Å². The molecule has 0 heterocycles. The molecule has 0 spiro atoms. The van der Waals surface area contributed by atoms with Gasteiger partial charge in [0.2, 0.25) is 10.0 Å². The topological polar surface area (TPSA) is 72.2 Å². The second-order valence-corrected chi connectivity index (χ2v) is 6.79. The lowest BCUT2D eigenvalue weighted by Gasteiger charge is -2.09. The Hall–Kier alpha value is -1.44. The lowest BCUT2D eigenvalue weighted by atomic mass is 10.2. The van der Waals surface area contributed by atoms with E-state index in [-0.39, 0.29) is 17.1 Å². The van der Waals surface area contributed by atoms with Gasteiger partial charge in [-0.1, -0.05) is 28.1 Å². The monoisotopic (exact) mass is 358 g/mol. The molecule has 106 valence electrons. The Morgan fingerprint density at radius 3 is 2.60 bits per heavy atom. The number of hydrogen-bond acceptors (Lipinski definition) is 3. The Labute approximate surface area is 125 Å². The van der Waals surface area contributed by atoms with Crippen molar-refractivity contribution < 1.29 is 12.8 Å². The summed E-state index contributed by atoms with van der Waals surface area (Å²) < 4.78 is 40.4. The highest BCUT2D eigenvalue weighted by Crippen LogP contribution is 2.19. The van der Waals surface area contributed by atoms with Crippen molar-refractivity contribution in [3.63, 3.8) is 0 Å². The van der Waals surface area contributed by atoms with Crippen molar-refractivity contribution in [2.75, 3.05) is 5.73 Å². The zero-order chi connectivity index (χ0) is 14.8. The fourth-order valence-corrected chi connectivity index (χ4v) is 3.24. The van der Waals surface area contributed by atoms with Crippen molar-refractivity contribution in [3.8, 4) is 0 Å². The maximum atomic E-state index is 12.9. The molecule has 0 unspecified atom stereocenters. The van der Waals surface area contributed by atoms with Crippen LogP contribution in [0.1, 0.15) is 5.56 Å². The second-order valence-electron chi connectivity index (χ2n) is 4.14. The molecule has 0 amide bonds. The van der Waals surface area contributed by atoms with Crippen LogP contribution in [0.4, 0.5) is 10.1 Å². The fourth-order valence-electron chi connectivity index (χ4n) is 1.67. The molecule has 0 fully saturated rings. The van der Waals surface area contributed by atoms with E-state index >= 15 is 0 Å². The molecule has 0 aromatic heterocycles. The minimum absolute atomic E-state index is 0.119. The van der Waals surface area contributed by atoms with E-state index in [1.54, 1.807) is 18.2 Å². The summed E-state index contributed by atoms with van der Waals surface area (Å²) in [6.45, 7) is 0.124. The quantitative estimate of drug-likeness (QED) is 0.825. The summed E-state index contributed by atoms with van der Waals surface area (Å²) in [7, 11) is -3.78. The SMILES string of the molecule is Nc1cc(F)ccc1S(=O)(=O)NCc1cccc(Br)c1. The average Bonchev–Trinajstić information content (AvgIpc) is 2.36. The predicted molar refractivity (Wildman–Crippen MR) is 79.0 cm³/mol. The highest BCUT2D eigenvalue weighted by molar-refractivity contribution is 9.10. The summed E-state index contributed by atoms with van der Waals surface area (Å²) in [5.74, 6) is -0.576. The minimum Gasteiger partial charge on any atom is -0.398 e. The first-order valence-electron chi connectivity index (χ1n) is 5.67. The largest absolute Gasteiger partial charge is 0.398 e. The van der Waals surface area contributed by atoms with Gasteiger partial charge in [-0.05, 0) is 35.9 Å². The van der Waals surface area contributed by atoms with Crippen molar-refractivity contribution in [1.29, 1.82) is 0 Å². The van der Waals surface area contributed by atoms with E-state index in [0.717, 1.165) is 28.2 Å². The summed E-state index contributed by atoms with van der Waals surface area (Å²) >= 11 is 3.31. The Bertz CT molecular complexity index is 735. The van der Waals surface area contributed by atoms with Crippen LogP contribution in [-0.2, 0) is 16.6 Å². The minimum atomic E-state index is -3.78. The fraction of sp³-hybridized carbons (Fsp3) is 0.0769. The summed E-state index contributed by atoms with van der Waals surface area (Å²) in [6, 6.07) is 10.4. The zero-order valence-electron chi connectivity index (χ0n) is 10.3. The van der Waals surface area contributed by atoms with Crippen LogP contribution in [-0.4, -0.2) is 8.42 Å². The highest BCUT2D eigenvalue weighted by Gasteiger charge is 2.17. The number of benzene rings is 2. The number of anilines is 1. The molecule has 7 heteroatoms. The smallest absolute Gasteiger partial charge is 0.242 e. The third-order valence-corrected chi connectivity index (χ3v) is 4.59. The van der Waals surface area contributed by atoms with Crippen LogP contribution in [0.2, 0.25) is 0 Å². The Balaban J connectivity index is 2.19. The number of nitrogen functional groups attached to an aromatic ring is 1. The van der Waals surface area contributed by atoms with Gasteiger partial charge >= 0.3 is 0 Å². The molecule has 0 saturated heterocycles. The van der Waals surface area contributed by atoms with Gasteiger partial charge in [0.1, 0.15) is 10.7 Å². The standard InChI is InChI=1S/C13H12BrFN2O2S/c14-10-3-1-2-9(6-10)8-17-20(18,19)13-5-4-11(15)7-12(13)16/h1-7,17H,8,16H2. The van der Waals surface area contributed by atoms with Gasteiger partial charge in [-0.15, -0.1) is 0 Å². The van der Waals surface area contributed by atoms with Gasteiger partial charge in [-0.25, -0.2) is 17.5 Å². The van der Waals surface area contributed by atoms with E-state index in [4.69, 9.17) is 5.73 Å². The predicted octanol–water partition coefficient (Wildman–Crippen LogP) is 2.65. The molecule has 4 nitrogen and oxygen atoms in total. The normalized spacial score (nSPS) is 11.5. The maximum Gasteiger partial charge on any atom is 0.242 e. The molecule has 2 aromatic rings. The third kappa shape index (κ3) is 3.56. The first-order chi connectivity index (χ1) is 9.38. The maximum absolute atomic E-state index is 12.9. The highest BCUT2D eigenvalue weighted by atomic mass is 79.9. The molecule has 0 saturated carbocycles. The molecule has 0 aliphatic heterocycles. The van der Waals surface area contributed by atoms with Crippen LogP contribution < -0.4 is 10.5 Å². The molecule has 0 aliphatic rings. The van der Waals surface area contributed by atoms with Gasteiger partial charge in [-0.2, -0.15) is 0 Å². The zero-order valence-corrected chi connectivity index (χ0v) is 12.7. The molecule has 2 aromatic carbocycles. The number of sulfonamides is 1. The van der Waals surface area contributed by atoms with Gasteiger partial charge in [0.05, 0.1) is 5.69 Å². The van der Waals surface area contributed by atoms with E-state index in [1.807, 2.05) is 6.07 Å². The second kappa shape index (κ2) is 5.90. The molecular formula is C13H12BrFN2O2S. The summed E-state index contributed by atoms with van der Waals surface area (Å²) in [5, 5.41) is 0. The van der Waals surface area contributed by atoms with E-state index in [9.17, 15) is 12.8 Å². The van der Waals surface area contributed by atoms with E-state index in [1.165, 1.54) is 0 Å². The summed E-state index contributed by atoms with van der Waals surface area (Å²) in [5.41, 5.74) is 6.21. The van der Waals surface area contributed by atoms with Gasteiger partial charge in [0, 0.05) is 11.0 Å². The Morgan fingerprint density at radius 2 is 1.95 bits per heavy atom. The van der Waals surface area contributed by atoms with Crippen molar-refractivity contribution in [2.45, 2.75) is 11.4 Å². The van der Waals surface area contributed by atoms with E-state index in [0.29, 0.717) is 0 Å². The van der Waals surface area contributed by atoms with E-state index < -0.39 is 15.8 Å². The van der Waals surface area contributed by atoms with Crippen LogP contribution in [0.5, 0.6) is 0 Å². The lowest BCUT2D eigenvalue weighted by molar-refractivity contribution is 0.581. The van der Waals surface area contributed by atoms with Gasteiger partial charge < -0.3 is 5.73 Å².